The van der Waals surface area contributed by atoms with Gasteiger partial charge >= 0.3 is 0 Å². The van der Waals surface area contributed by atoms with E-state index in [9.17, 15) is 0 Å². The van der Waals surface area contributed by atoms with Crippen LogP contribution < -0.4 is 5.32 Å². The monoisotopic (exact) mass is 248 g/mol. The van der Waals surface area contributed by atoms with E-state index in [1.807, 2.05) is 23.5 Å². The minimum absolute atomic E-state index is 0.302. The smallest absolute Gasteiger partial charge is 0.117 e. The van der Waals surface area contributed by atoms with E-state index in [1.165, 1.54) is 28.4 Å². The number of hydrogen-bond acceptors (Lipinski definition) is 4. The van der Waals surface area contributed by atoms with Crippen LogP contribution in [0.3, 0.4) is 0 Å². The number of rotatable bonds is 4. The van der Waals surface area contributed by atoms with E-state index in [1.54, 1.807) is 6.26 Å². The molecule has 1 aliphatic rings. The Hall–Kier alpha value is -1.13. The molecule has 0 aromatic carbocycles. The van der Waals surface area contributed by atoms with Crippen molar-refractivity contribution < 1.29 is 4.42 Å². The Balaban J connectivity index is 1.63. The second-order valence-corrected chi connectivity index (χ2v) is 5.57. The first-order valence-electron chi connectivity index (χ1n) is 6.07. The van der Waals surface area contributed by atoms with Crippen molar-refractivity contribution in [3.05, 3.63) is 39.7 Å². The fraction of sp³-hybridized carbons (Fsp3) is 0.462. The number of fused-ring (bicyclic) bond motifs is 1. The van der Waals surface area contributed by atoms with Crippen LogP contribution in [0.15, 0.2) is 22.8 Å². The predicted molar refractivity (Wildman–Crippen MR) is 68.1 cm³/mol. The van der Waals surface area contributed by atoms with Gasteiger partial charge in [-0.3, -0.25) is 0 Å². The number of hydrogen-bond donors (Lipinski definition) is 1. The standard InChI is InChI=1S/C13H16N2OS/c1-9(14-8-10-4-3-7-16-10)13-15-11-5-2-6-12(11)17-13/h3-4,7,9,14H,2,5-6,8H2,1H3. The van der Waals surface area contributed by atoms with E-state index in [4.69, 9.17) is 9.40 Å². The molecule has 2 heterocycles. The van der Waals surface area contributed by atoms with E-state index in [-0.39, 0.29) is 0 Å². The van der Waals surface area contributed by atoms with Gasteiger partial charge in [-0.05, 0) is 38.3 Å². The zero-order chi connectivity index (χ0) is 11.7. The molecule has 1 atom stereocenters. The van der Waals surface area contributed by atoms with Gasteiger partial charge in [-0.25, -0.2) is 4.98 Å². The third kappa shape index (κ3) is 2.28. The number of aromatic nitrogens is 1. The summed E-state index contributed by atoms with van der Waals surface area (Å²) in [6.45, 7) is 2.93. The van der Waals surface area contributed by atoms with Crippen molar-refractivity contribution >= 4 is 11.3 Å². The molecule has 0 fully saturated rings. The Kier molecular flexibility index (Phi) is 2.99. The van der Waals surface area contributed by atoms with Gasteiger partial charge in [0.15, 0.2) is 0 Å². The number of aryl methyl sites for hydroxylation is 2. The lowest BCUT2D eigenvalue weighted by Gasteiger charge is -2.09. The molecule has 0 saturated heterocycles. The lowest BCUT2D eigenvalue weighted by atomic mass is 10.3. The van der Waals surface area contributed by atoms with Crippen LogP contribution in [0.25, 0.3) is 0 Å². The molecule has 3 nitrogen and oxygen atoms in total. The number of thiazole rings is 1. The topological polar surface area (TPSA) is 38.1 Å². The van der Waals surface area contributed by atoms with Crippen LogP contribution in [-0.2, 0) is 19.4 Å². The predicted octanol–water partition coefficient (Wildman–Crippen LogP) is 3.08. The van der Waals surface area contributed by atoms with Crippen molar-refractivity contribution in [2.45, 2.75) is 38.8 Å². The molecule has 0 aliphatic heterocycles. The summed E-state index contributed by atoms with van der Waals surface area (Å²) >= 11 is 1.86. The lowest BCUT2D eigenvalue weighted by molar-refractivity contribution is 0.460. The first-order chi connectivity index (χ1) is 8.33. The molecule has 1 aliphatic carbocycles. The Morgan fingerprint density at radius 1 is 1.53 bits per heavy atom. The van der Waals surface area contributed by atoms with Crippen LogP contribution in [0.1, 0.15) is 40.7 Å². The maximum Gasteiger partial charge on any atom is 0.117 e. The zero-order valence-electron chi connectivity index (χ0n) is 9.90. The van der Waals surface area contributed by atoms with E-state index in [0.29, 0.717) is 6.04 Å². The molecule has 2 aromatic rings. The molecule has 0 amide bonds. The number of furan rings is 1. The average Bonchev–Trinajstić information content (AvgIpc) is 3.01. The van der Waals surface area contributed by atoms with Crippen molar-refractivity contribution in [1.82, 2.24) is 10.3 Å². The van der Waals surface area contributed by atoms with Crippen LogP contribution in [0.5, 0.6) is 0 Å². The quantitative estimate of drug-likeness (QED) is 0.903. The third-order valence-electron chi connectivity index (χ3n) is 3.15. The van der Waals surface area contributed by atoms with Crippen LogP contribution in [0.2, 0.25) is 0 Å². The molecular weight excluding hydrogens is 232 g/mol. The SMILES string of the molecule is CC(NCc1ccco1)c1nc2c(s1)CCC2. The molecule has 3 rings (SSSR count). The average molecular weight is 248 g/mol. The molecule has 17 heavy (non-hydrogen) atoms. The van der Waals surface area contributed by atoms with Crippen molar-refractivity contribution in [3.8, 4) is 0 Å². The third-order valence-corrected chi connectivity index (χ3v) is 4.49. The molecule has 0 spiro atoms. The summed E-state index contributed by atoms with van der Waals surface area (Å²) < 4.78 is 5.30. The van der Waals surface area contributed by atoms with Gasteiger partial charge in [-0.1, -0.05) is 0 Å². The second kappa shape index (κ2) is 4.63. The molecule has 0 bridgehead atoms. The zero-order valence-corrected chi connectivity index (χ0v) is 10.7. The van der Waals surface area contributed by atoms with Crippen LogP contribution in [0.4, 0.5) is 0 Å². The van der Waals surface area contributed by atoms with Gasteiger partial charge in [-0.15, -0.1) is 11.3 Å². The van der Waals surface area contributed by atoms with Crippen molar-refractivity contribution in [3.63, 3.8) is 0 Å². The minimum atomic E-state index is 0.302. The van der Waals surface area contributed by atoms with Crippen LogP contribution in [0, 0.1) is 0 Å². The number of nitrogens with zero attached hydrogens (tertiary/aromatic N) is 1. The van der Waals surface area contributed by atoms with E-state index in [0.717, 1.165) is 18.7 Å². The van der Waals surface area contributed by atoms with Gasteiger partial charge in [0, 0.05) is 4.88 Å². The van der Waals surface area contributed by atoms with Crippen molar-refractivity contribution in [1.29, 1.82) is 0 Å². The van der Waals surface area contributed by atoms with Gasteiger partial charge in [0.2, 0.25) is 0 Å². The number of nitrogens with one attached hydrogen (secondary N) is 1. The Bertz CT molecular complexity index is 468. The van der Waals surface area contributed by atoms with Gasteiger partial charge < -0.3 is 9.73 Å². The Morgan fingerprint density at radius 2 is 2.47 bits per heavy atom. The van der Waals surface area contributed by atoms with Gasteiger partial charge in [0.05, 0.1) is 24.5 Å². The van der Waals surface area contributed by atoms with Crippen molar-refractivity contribution in [2.24, 2.45) is 0 Å². The van der Waals surface area contributed by atoms with Gasteiger partial charge in [0.1, 0.15) is 10.8 Å². The maximum absolute atomic E-state index is 5.30. The maximum atomic E-state index is 5.30. The molecule has 2 aromatic heterocycles. The molecule has 0 saturated carbocycles. The Labute approximate surface area is 105 Å². The molecular formula is C13H16N2OS. The Morgan fingerprint density at radius 3 is 3.24 bits per heavy atom. The van der Waals surface area contributed by atoms with Gasteiger partial charge in [0.25, 0.3) is 0 Å². The highest BCUT2D eigenvalue weighted by Crippen LogP contribution is 2.30. The second-order valence-electron chi connectivity index (χ2n) is 4.46. The first-order valence-corrected chi connectivity index (χ1v) is 6.89. The molecule has 4 heteroatoms. The lowest BCUT2D eigenvalue weighted by Crippen LogP contribution is -2.17. The van der Waals surface area contributed by atoms with E-state index >= 15 is 0 Å². The van der Waals surface area contributed by atoms with Gasteiger partial charge in [-0.2, -0.15) is 0 Å². The molecule has 1 unspecified atom stereocenters. The summed E-state index contributed by atoms with van der Waals surface area (Å²) in [6.07, 6.45) is 5.37. The largest absolute Gasteiger partial charge is 0.468 e. The van der Waals surface area contributed by atoms with Crippen molar-refractivity contribution in [2.75, 3.05) is 0 Å². The highest BCUT2D eigenvalue weighted by atomic mass is 32.1. The van der Waals surface area contributed by atoms with E-state index < -0.39 is 0 Å². The molecule has 90 valence electrons. The first kappa shape index (κ1) is 11.0. The highest BCUT2D eigenvalue weighted by Gasteiger charge is 2.19. The summed E-state index contributed by atoms with van der Waals surface area (Å²) in [5, 5.41) is 4.65. The normalized spacial score (nSPS) is 16.1. The summed E-state index contributed by atoms with van der Waals surface area (Å²) in [7, 11) is 0. The highest BCUT2D eigenvalue weighted by molar-refractivity contribution is 7.11. The van der Waals surface area contributed by atoms with Crippen LogP contribution >= 0.6 is 11.3 Å². The molecule has 0 radical (unpaired) electrons. The van der Waals surface area contributed by atoms with E-state index in [2.05, 4.69) is 12.2 Å². The summed E-state index contributed by atoms with van der Waals surface area (Å²) in [6, 6.07) is 4.21. The molecule has 1 N–H and O–H groups in total. The van der Waals surface area contributed by atoms with Crippen LogP contribution in [-0.4, -0.2) is 4.98 Å². The minimum Gasteiger partial charge on any atom is -0.468 e. The summed E-state index contributed by atoms with van der Waals surface area (Å²) in [4.78, 5) is 6.21. The fourth-order valence-electron chi connectivity index (χ4n) is 2.15. The summed E-state index contributed by atoms with van der Waals surface area (Å²) in [5.74, 6) is 0.973. The fourth-order valence-corrected chi connectivity index (χ4v) is 3.33. The summed E-state index contributed by atoms with van der Waals surface area (Å²) in [5.41, 5.74) is 1.33.